The second-order valence-corrected chi connectivity index (χ2v) is 5.03. The Morgan fingerprint density at radius 1 is 0.778 bits per heavy atom. The fourth-order valence-corrected chi connectivity index (χ4v) is 1.88. The molecule has 1 nitrogen and oxygen atoms in total. The Bertz CT molecular complexity index is 400. The highest BCUT2D eigenvalue weighted by molar-refractivity contribution is 14.1. The van der Waals surface area contributed by atoms with Crippen LogP contribution in [0, 0.1) is 13.8 Å². The Kier molecular flexibility index (Phi) is 6.98. The van der Waals surface area contributed by atoms with E-state index in [4.69, 9.17) is 5.11 Å². The molecule has 2 aromatic carbocycles. The molecule has 0 spiro atoms. The van der Waals surface area contributed by atoms with Crippen LogP contribution in [0.15, 0.2) is 48.5 Å². The van der Waals surface area contributed by atoms with Crippen LogP contribution in [0.5, 0.6) is 0 Å². The van der Waals surface area contributed by atoms with Crippen molar-refractivity contribution in [1.82, 2.24) is 0 Å². The van der Waals surface area contributed by atoms with Gasteiger partial charge in [-0.3, -0.25) is 0 Å². The van der Waals surface area contributed by atoms with Crippen LogP contribution < -0.4 is 0 Å². The van der Waals surface area contributed by atoms with Crippen molar-refractivity contribution in [3.05, 3.63) is 70.8 Å². The van der Waals surface area contributed by atoms with Crippen molar-refractivity contribution in [3.63, 3.8) is 0 Å². The molecule has 0 saturated carbocycles. The molecule has 0 bridgehead atoms. The van der Waals surface area contributed by atoms with Gasteiger partial charge in [0.05, 0.1) is 6.61 Å². The summed E-state index contributed by atoms with van der Waals surface area (Å²) in [5.41, 5.74) is 4.94. The first-order chi connectivity index (χ1) is 8.65. The summed E-state index contributed by atoms with van der Waals surface area (Å²) in [6.45, 7) is 4.28. The number of rotatable bonds is 2. The largest absolute Gasteiger partial charge is 0.392 e. The third-order valence-corrected chi connectivity index (χ3v) is 3.46. The van der Waals surface area contributed by atoms with Crippen LogP contribution in [0.4, 0.5) is 0 Å². The highest BCUT2D eigenvalue weighted by atomic mass is 127. The van der Waals surface area contributed by atoms with Crippen LogP contribution in [0.25, 0.3) is 0 Å². The van der Waals surface area contributed by atoms with Crippen LogP contribution in [-0.4, -0.2) is 5.11 Å². The van der Waals surface area contributed by atoms with Gasteiger partial charge in [-0.2, -0.15) is 0 Å². The van der Waals surface area contributed by atoms with Crippen molar-refractivity contribution in [2.75, 3.05) is 0 Å². The molecule has 2 heteroatoms. The average molecular weight is 354 g/mol. The monoisotopic (exact) mass is 354 g/mol. The predicted octanol–water partition coefficient (Wildman–Crippen LogP) is 4.42. The lowest BCUT2D eigenvalue weighted by Gasteiger charge is -1.93. The maximum atomic E-state index is 8.63. The highest BCUT2D eigenvalue weighted by Crippen LogP contribution is 2.06. The van der Waals surface area contributed by atoms with E-state index in [-0.39, 0.29) is 6.61 Å². The Morgan fingerprint density at radius 2 is 1.17 bits per heavy atom. The third kappa shape index (κ3) is 5.65. The van der Waals surface area contributed by atoms with Gasteiger partial charge >= 0.3 is 0 Å². The molecule has 0 fully saturated rings. The molecule has 0 unspecified atom stereocenters. The third-order valence-electron chi connectivity index (χ3n) is 2.58. The van der Waals surface area contributed by atoms with Gasteiger partial charge in [-0.05, 0) is 25.0 Å². The molecule has 0 aliphatic carbocycles. The van der Waals surface area contributed by atoms with Gasteiger partial charge in [0.1, 0.15) is 0 Å². The summed E-state index contributed by atoms with van der Waals surface area (Å²) in [5.74, 6) is 0. The van der Waals surface area contributed by atoms with E-state index in [0.29, 0.717) is 0 Å². The smallest absolute Gasteiger partial charge is 0.0681 e. The van der Waals surface area contributed by atoms with E-state index in [1.54, 1.807) is 0 Å². The lowest BCUT2D eigenvalue weighted by molar-refractivity contribution is 0.282. The summed E-state index contributed by atoms with van der Waals surface area (Å²) in [7, 11) is 0. The van der Waals surface area contributed by atoms with Gasteiger partial charge in [0, 0.05) is 4.43 Å². The van der Waals surface area contributed by atoms with E-state index in [0.717, 1.165) is 9.99 Å². The van der Waals surface area contributed by atoms with Gasteiger partial charge in [0.2, 0.25) is 0 Å². The maximum absolute atomic E-state index is 8.63. The second-order valence-electron chi connectivity index (χ2n) is 4.26. The number of alkyl halides is 1. The lowest BCUT2D eigenvalue weighted by atomic mass is 10.2. The fraction of sp³-hybridized carbons (Fsp3) is 0.250. The molecule has 0 aromatic heterocycles. The molecule has 1 N–H and O–H groups in total. The van der Waals surface area contributed by atoms with E-state index < -0.39 is 0 Å². The van der Waals surface area contributed by atoms with Gasteiger partial charge in [-0.1, -0.05) is 82.2 Å². The molecular formula is C16H19IO. The minimum atomic E-state index is 0.139. The molecule has 2 rings (SSSR count). The Labute approximate surface area is 123 Å². The minimum Gasteiger partial charge on any atom is -0.392 e. The molecule has 2 aromatic rings. The fourth-order valence-electron chi connectivity index (χ4n) is 1.37. The second kappa shape index (κ2) is 8.27. The molecule has 0 aliphatic rings. The quantitative estimate of drug-likeness (QED) is 0.625. The molecule has 0 radical (unpaired) electrons. The summed E-state index contributed by atoms with van der Waals surface area (Å²) in [5, 5.41) is 8.63. The Balaban J connectivity index is 0.000000180. The van der Waals surface area contributed by atoms with E-state index in [9.17, 15) is 0 Å². The summed E-state index contributed by atoms with van der Waals surface area (Å²) in [4.78, 5) is 0. The molecule has 0 heterocycles. The Hall–Kier alpha value is -0.870. The first-order valence-corrected chi connectivity index (χ1v) is 7.46. The van der Waals surface area contributed by atoms with Gasteiger partial charge in [0.15, 0.2) is 0 Å². The van der Waals surface area contributed by atoms with Crippen molar-refractivity contribution in [3.8, 4) is 0 Å². The number of aliphatic hydroxyl groups is 1. The molecule has 96 valence electrons. The summed E-state index contributed by atoms with van der Waals surface area (Å²) >= 11 is 2.37. The summed E-state index contributed by atoms with van der Waals surface area (Å²) < 4.78 is 1.11. The number of halogens is 1. The van der Waals surface area contributed by atoms with Gasteiger partial charge in [0.25, 0.3) is 0 Å². The number of hydrogen-bond acceptors (Lipinski definition) is 1. The van der Waals surface area contributed by atoms with Crippen molar-refractivity contribution < 1.29 is 5.11 Å². The van der Waals surface area contributed by atoms with Crippen molar-refractivity contribution >= 4 is 22.6 Å². The predicted molar refractivity (Wildman–Crippen MR) is 86.0 cm³/mol. The van der Waals surface area contributed by atoms with E-state index in [1.807, 2.05) is 31.2 Å². The SMILES string of the molecule is Cc1ccc(CI)cc1.Cc1ccc(CO)cc1. The first-order valence-electron chi connectivity index (χ1n) is 5.93. The van der Waals surface area contributed by atoms with Crippen molar-refractivity contribution in [2.45, 2.75) is 24.9 Å². The number of aryl methyl sites for hydroxylation is 2. The molecular weight excluding hydrogens is 335 g/mol. The van der Waals surface area contributed by atoms with Crippen LogP contribution >= 0.6 is 22.6 Å². The van der Waals surface area contributed by atoms with Crippen LogP contribution in [-0.2, 0) is 11.0 Å². The van der Waals surface area contributed by atoms with Crippen molar-refractivity contribution in [1.29, 1.82) is 0 Å². The van der Waals surface area contributed by atoms with E-state index >= 15 is 0 Å². The molecule has 0 aliphatic heterocycles. The van der Waals surface area contributed by atoms with Gasteiger partial charge < -0.3 is 5.11 Å². The minimum absolute atomic E-state index is 0.139. The molecule has 18 heavy (non-hydrogen) atoms. The van der Waals surface area contributed by atoms with E-state index in [2.05, 4.69) is 53.8 Å². The lowest BCUT2D eigenvalue weighted by Crippen LogP contribution is -1.80. The van der Waals surface area contributed by atoms with Crippen LogP contribution in [0.2, 0.25) is 0 Å². The highest BCUT2D eigenvalue weighted by Gasteiger charge is 1.86. The summed E-state index contributed by atoms with van der Waals surface area (Å²) in [6.07, 6.45) is 0. The standard InChI is InChI=1S/C8H9I.C8H10O/c2*1-7-2-4-8(6-9)5-3-7/h2-5H,6H2,1H3;2-5,9H,6H2,1H3. The van der Waals surface area contributed by atoms with Gasteiger partial charge in [-0.15, -0.1) is 0 Å². The van der Waals surface area contributed by atoms with Crippen molar-refractivity contribution in [2.24, 2.45) is 0 Å². The normalized spacial score (nSPS) is 9.56. The molecule has 0 atom stereocenters. The first kappa shape index (κ1) is 15.2. The topological polar surface area (TPSA) is 20.2 Å². The molecule has 0 amide bonds. The Morgan fingerprint density at radius 3 is 1.50 bits per heavy atom. The van der Waals surface area contributed by atoms with Gasteiger partial charge in [-0.25, -0.2) is 0 Å². The van der Waals surface area contributed by atoms with Crippen LogP contribution in [0.1, 0.15) is 22.3 Å². The number of hydrogen-bond donors (Lipinski definition) is 1. The number of benzene rings is 2. The van der Waals surface area contributed by atoms with E-state index in [1.165, 1.54) is 16.7 Å². The average Bonchev–Trinajstić information content (AvgIpc) is 2.41. The zero-order chi connectivity index (χ0) is 13.4. The molecule has 0 saturated heterocycles. The number of aliphatic hydroxyl groups excluding tert-OH is 1. The zero-order valence-corrected chi connectivity index (χ0v) is 13.0. The van der Waals surface area contributed by atoms with Crippen LogP contribution in [0.3, 0.4) is 0 Å². The zero-order valence-electron chi connectivity index (χ0n) is 10.9. The summed E-state index contributed by atoms with van der Waals surface area (Å²) in [6, 6.07) is 16.5. The maximum Gasteiger partial charge on any atom is 0.0681 e.